The molecule has 0 atom stereocenters. The number of fused-ring (bicyclic) bond motifs is 1. The normalized spacial score (nSPS) is 15.2. The molecule has 33 heavy (non-hydrogen) atoms. The summed E-state index contributed by atoms with van der Waals surface area (Å²) in [5.74, 6) is -0.361. The van der Waals surface area contributed by atoms with Gasteiger partial charge in [-0.3, -0.25) is 9.69 Å². The molecule has 0 radical (unpaired) electrons. The van der Waals surface area contributed by atoms with E-state index in [4.69, 9.17) is 0 Å². The lowest BCUT2D eigenvalue weighted by atomic mass is 9.98. The molecule has 1 aliphatic rings. The lowest BCUT2D eigenvalue weighted by Gasteiger charge is -2.32. The SMILES string of the molecule is CC(=O)c1cc(-c2ccc(F)cc2)c2ccc(CN3CCC(n4cnc(C)c4)CC3)cc2n1. The first-order valence-corrected chi connectivity index (χ1v) is 11.4. The summed E-state index contributed by atoms with van der Waals surface area (Å²) < 4.78 is 15.7. The average Bonchev–Trinajstić information content (AvgIpc) is 3.25. The molecule has 2 aromatic carbocycles. The van der Waals surface area contributed by atoms with E-state index in [-0.39, 0.29) is 11.6 Å². The van der Waals surface area contributed by atoms with Crippen LogP contribution in [-0.4, -0.2) is 38.3 Å². The fourth-order valence-corrected chi connectivity index (χ4v) is 4.69. The number of likely N-dealkylation sites (tertiary alicyclic amines) is 1. The van der Waals surface area contributed by atoms with Gasteiger partial charge in [0.15, 0.2) is 5.78 Å². The Bertz CT molecular complexity index is 1300. The minimum Gasteiger partial charge on any atom is -0.334 e. The van der Waals surface area contributed by atoms with Crippen molar-refractivity contribution in [2.75, 3.05) is 13.1 Å². The fraction of sp³-hybridized carbons (Fsp3) is 0.296. The van der Waals surface area contributed by atoms with Crippen LogP contribution in [0.3, 0.4) is 0 Å². The molecule has 4 aromatic rings. The average molecular weight is 443 g/mol. The summed E-state index contributed by atoms with van der Waals surface area (Å²) in [7, 11) is 0. The molecule has 0 amide bonds. The van der Waals surface area contributed by atoms with E-state index in [2.05, 4.69) is 43.8 Å². The van der Waals surface area contributed by atoms with Crippen LogP contribution in [0.15, 0.2) is 61.1 Å². The van der Waals surface area contributed by atoms with Crippen LogP contribution in [-0.2, 0) is 6.54 Å². The van der Waals surface area contributed by atoms with Crippen molar-refractivity contribution in [3.63, 3.8) is 0 Å². The molecular weight excluding hydrogens is 415 g/mol. The van der Waals surface area contributed by atoms with E-state index in [0.717, 1.165) is 60.2 Å². The van der Waals surface area contributed by atoms with Gasteiger partial charge in [-0.15, -0.1) is 0 Å². The number of aromatic nitrogens is 3. The number of aryl methyl sites for hydroxylation is 1. The Kier molecular flexibility index (Phi) is 5.77. The molecule has 6 heteroatoms. The number of carbonyl (C=O) groups is 1. The van der Waals surface area contributed by atoms with Gasteiger partial charge < -0.3 is 4.57 Å². The Morgan fingerprint density at radius 1 is 1.09 bits per heavy atom. The molecule has 1 aliphatic heterocycles. The van der Waals surface area contributed by atoms with E-state index in [1.54, 1.807) is 18.2 Å². The lowest BCUT2D eigenvalue weighted by molar-refractivity contribution is 0.101. The molecule has 2 aromatic heterocycles. The zero-order chi connectivity index (χ0) is 22.9. The molecule has 0 N–H and O–H groups in total. The first-order chi connectivity index (χ1) is 16.0. The molecule has 0 bridgehead atoms. The monoisotopic (exact) mass is 442 g/mol. The van der Waals surface area contributed by atoms with Crippen molar-refractivity contribution >= 4 is 16.7 Å². The molecule has 5 rings (SSSR count). The van der Waals surface area contributed by atoms with Crippen molar-refractivity contribution in [2.24, 2.45) is 0 Å². The third-order valence-corrected chi connectivity index (χ3v) is 6.51. The van der Waals surface area contributed by atoms with Gasteiger partial charge in [-0.25, -0.2) is 14.4 Å². The van der Waals surface area contributed by atoms with Gasteiger partial charge in [-0.2, -0.15) is 0 Å². The van der Waals surface area contributed by atoms with Gasteiger partial charge in [-0.05, 0) is 60.7 Å². The van der Waals surface area contributed by atoms with Crippen molar-refractivity contribution in [1.82, 2.24) is 19.4 Å². The van der Waals surface area contributed by atoms with E-state index in [0.29, 0.717) is 11.7 Å². The van der Waals surface area contributed by atoms with E-state index < -0.39 is 0 Å². The van der Waals surface area contributed by atoms with Gasteiger partial charge in [0.25, 0.3) is 0 Å². The summed E-state index contributed by atoms with van der Waals surface area (Å²) in [6, 6.07) is 15.0. The maximum absolute atomic E-state index is 13.4. The number of ketones is 1. The fourth-order valence-electron chi connectivity index (χ4n) is 4.69. The number of rotatable bonds is 5. The lowest BCUT2D eigenvalue weighted by Crippen LogP contribution is -2.33. The van der Waals surface area contributed by atoms with Crippen LogP contribution in [0.2, 0.25) is 0 Å². The Hall–Kier alpha value is -3.38. The highest BCUT2D eigenvalue weighted by Gasteiger charge is 2.21. The molecule has 1 saturated heterocycles. The highest BCUT2D eigenvalue weighted by atomic mass is 19.1. The number of pyridine rings is 1. The van der Waals surface area contributed by atoms with Crippen LogP contribution in [0, 0.1) is 12.7 Å². The topological polar surface area (TPSA) is 51.0 Å². The van der Waals surface area contributed by atoms with Gasteiger partial charge in [0.05, 0.1) is 17.5 Å². The molecule has 5 nitrogen and oxygen atoms in total. The predicted octanol–water partition coefficient (Wildman–Crippen LogP) is 5.59. The van der Waals surface area contributed by atoms with Crippen molar-refractivity contribution in [2.45, 2.75) is 39.3 Å². The largest absolute Gasteiger partial charge is 0.334 e. The van der Waals surface area contributed by atoms with Gasteiger partial charge in [-0.1, -0.05) is 24.3 Å². The van der Waals surface area contributed by atoms with Crippen molar-refractivity contribution < 1.29 is 9.18 Å². The van der Waals surface area contributed by atoms with Crippen LogP contribution in [0.25, 0.3) is 22.0 Å². The van der Waals surface area contributed by atoms with Crippen LogP contribution in [0.5, 0.6) is 0 Å². The predicted molar refractivity (Wildman–Crippen MR) is 128 cm³/mol. The maximum atomic E-state index is 13.4. The number of Topliss-reactive ketones (excluding diaryl/α,β-unsaturated/α-hetero) is 1. The highest BCUT2D eigenvalue weighted by Crippen LogP contribution is 2.31. The van der Waals surface area contributed by atoms with Gasteiger partial charge >= 0.3 is 0 Å². The minimum atomic E-state index is -0.280. The molecule has 0 saturated carbocycles. The Balaban J connectivity index is 1.39. The molecule has 1 fully saturated rings. The third kappa shape index (κ3) is 4.57. The molecule has 0 aliphatic carbocycles. The second kappa shape index (κ2) is 8.87. The minimum absolute atomic E-state index is 0.0810. The zero-order valence-corrected chi connectivity index (χ0v) is 19.0. The molecular formula is C27H27FN4O. The van der Waals surface area contributed by atoms with Crippen LogP contribution >= 0.6 is 0 Å². The van der Waals surface area contributed by atoms with Crippen molar-refractivity contribution in [3.05, 3.63) is 83.8 Å². The molecule has 0 spiro atoms. The number of carbonyl (C=O) groups excluding carboxylic acids is 1. The third-order valence-electron chi connectivity index (χ3n) is 6.51. The zero-order valence-electron chi connectivity index (χ0n) is 19.0. The number of halogens is 1. The number of imidazole rings is 1. The molecule has 0 unspecified atom stereocenters. The molecule has 168 valence electrons. The highest BCUT2D eigenvalue weighted by molar-refractivity contribution is 6.01. The quantitative estimate of drug-likeness (QED) is 0.378. The van der Waals surface area contributed by atoms with Crippen LogP contribution < -0.4 is 0 Å². The van der Waals surface area contributed by atoms with Gasteiger partial charge in [0.2, 0.25) is 0 Å². The van der Waals surface area contributed by atoms with E-state index in [9.17, 15) is 9.18 Å². The van der Waals surface area contributed by atoms with E-state index in [1.165, 1.54) is 24.6 Å². The summed E-state index contributed by atoms with van der Waals surface area (Å²) in [5.41, 5.74) is 5.23. The van der Waals surface area contributed by atoms with E-state index in [1.807, 2.05) is 13.3 Å². The smallest absolute Gasteiger partial charge is 0.178 e. The van der Waals surface area contributed by atoms with Gasteiger partial charge in [0, 0.05) is 44.2 Å². The van der Waals surface area contributed by atoms with Crippen molar-refractivity contribution in [3.8, 4) is 11.1 Å². The summed E-state index contributed by atoms with van der Waals surface area (Å²) in [6.07, 6.45) is 6.27. The number of benzene rings is 2. The summed E-state index contributed by atoms with van der Waals surface area (Å²) in [5, 5.41) is 0.963. The van der Waals surface area contributed by atoms with E-state index >= 15 is 0 Å². The second-order valence-electron chi connectivity index (χ2n) is 8.94. The number of nitrogens with zero attached hydrogens (tertiary/aromatic N) is 4. The Morgan fingerprint density at radius 3 is 2.52 bits per heavy atom. The number of piperidine rings is 1. The van der Waals surface area contributed by atoms with Crippen LogP contribution in [0.4, 0.5) is 4.39 Å². The Morgan fingerprint density at radius 2 is 1.85 bits per heavy atom. The van der Waals surface area contributed by atoms with Crippen LogP contribution in [0.1, 0.15) is 47.6 Å². The van der Waals surface area contributed by atoms with Gasteiger partial charge in [0.1, 0.15) is 11.5 Å². The summed E-state index contributed by atoms with van der Waals surface area (Å²) in [4.78, 5) is 23.6. The summed E-state index contributed by atoms with van der Waals surface area (Å²) >= 11 is 0. The van der Waals surface area contributed by atoms with Crippen molar-refractivity contribution in [1.29, 1.82) is 0 Å². The number of hydrogen-bond donors (Lipinski definition) is 0. The second-order valence-corrected chi connectivity index (χ2v) is 8.94. The first-order valence-electron chi connectivity index (χ1n) is 11.4. The first kappa shape index (κ1) is 21.5. The summed E-state index contributed by atoms with van der Waals surface area (Å²) in [6.45, 7) is 6.46. The molecule has 3 heterocycles. The maximum Gasteiger partial charge on any atom is 0.178 e. The standard InChI is InChI=1S/C27H27FN4O/c1-18-15-32(17-29-18)23-9-11-31(12-10-23)16-20-3-8-24-25(21-4-6-22(28)7-5-21)14-26(19(2)33)30-27(24)13-20/h3-8,13-15,17,23H,9-12,16H2,1-2H3. The number of hydrogen-bond acceptors (Lipinski definition) is 4. The Labute approximate surface area is 192 Å².